The first-order chi connectivity index (χ1) is 4.91. The average Bonchev–Trinajstić information content (AvgIpc) is 2.08. The molecule has 0 aliphatic carbocycles. The van der Waals surface area contributed by atoms with E-state index in [1.54, 1.807) is 0 Å². The minimum atomic E-state index is -4.22. The van der Waals surface area contributed by atoms with E-state index in [1.165, 1.54) is 0 Å². The monoisotopic (exact) mass is 256 g/mol. The van der Waals surface area contributed by atoms with Crippen LogP contribution in [-0.4, -0.2) is 42.5 Å². The van der Waals surface area contributed by atoms with Crippen LogP contribution in [-0.2, 0) is 10.1 Å². The van der Waals surface area contributed by atoms with Gasteiger partial charge in [0.25, 0.3) is 10.1 Å². The van der Waals surface area contributed by atoms with Crippen LogP contribution in [0.15, 0.2) is 11.0 Å². The summed E-state index contributed by atoms with van der Waals surface area (Å²) in [4.78, 5) is -0.339. The van der Waals surface area contributed by atoms with Gasteiger partial charge in [0.15, 0.2) is 0 Å². The number of hydrogen-bond acceptors (Lipinski definition) is 3. The Bertz CT molecular complexity index is 372. The van der Waals surface area contributed by atoms with Gasteiger partial charge in [-0.05, 0) is 6.07 Å². The summed E-state index contributed by atoms with van der Waals surface area (Å²) in [5.74, 6) is 0. The van der Waals surface area contributed by atoms with Gasteiger partial charge in [0.2, 0.25) is 0 Å². The van der Waals surface area contributed by atoms with Gasteiger partial charge in [-0.1, -0.05) is 23.2 Å². The summed E-state index contributed by atoms with van der Waals surface area (Å²) < 4.78 is 29.7. The van der Waals surface area contributed by atoms with E-state index in [9.17, 15) is 8.42 Å². The first kappa shape index (κ1) is 13.2. The Morgan fingerprint density at radius 2 is 1.92 bits per heavy atom. The van der Waals surface area contributed by atoms with Crippen molar-refractivity contribution in [3.05, 3.63) is 14.7 Å². The normalized spacial score (nSPS) is 10.9. The third kappa shape index (κ3) is 3.16. The maximum absolute atomic E-state index is 10.5. The molecule has 0 fully saturated rings. The SMILES string of the molecule is O=S(=O)(O)c1cc(Cl)sc1Cl.[NaH]. The summed E-state index contributed by atoms with van der Waals surface area (Å²) in [7, 11) is -4.22. The molecule has 0 aromatic carbocycles. The zero-order valence-electron chi connectivity index (χ0n) is 4.91. The maximum atomic E-state index is 10.5. The van der Waals surface area contributed by atoms with Gasteiger partial charge >= 0.3 is 29.6 Å². The van der Waals surface area contributed by atoms with Crippen molar-refractivity contribution in [3.8, 4) is 0 Å². The minimum absolute atomic E-state index is 0. The number of thiophene rings is 1. The fourth-order valence-electron chi connectivity index (χ4n) is 0.501. The topological polar surface area (TPSA) is 54.4 Å². The third-order valence-electron chi connectivity index (χ3n) is 0.903. The van der Waals surface area contributed by atoms with Gasteiger partial charge < -0.3 is 0 Å². The molecule has 0 bridgehead atoms. The van der Waals surface area contributed by atoms with Gasteiger partial charge in [-0.15, -0.1) is 11.3 Å². The van der Waals surface area contributed by atoms with Crippen molar-refractivity contribution in [3.63, 3.8) is 0 Å². The molecular formula is C4H3Cl2NaO3S2. The van der Waals surface area contributed by atoms with E-state index in [4.69, 9.17) is 27.8 Å². The van der Waals surface area contributed by atoms with E-state index in [0.717, 1.165) is 17.4 Å². The standard InChI is InChI=1S/C4H2Cl2O3S2.Na.H/c5-3-1-2(4(6)10-3)11(7,8)9;;/h1H,(H,7,8,9);;. The van der Waals surface area contributed by atoms with Crippen LogP contribution in [0.3, 0.4) is 0 Å². The van der Waals surface area contributed by atoms with Crippen LogP contribution in [0.2, 0.25) is 8.67 Å². The molecule has 0 aliphatic heterocycles. The second kappa shape index (κ2) is 4.61. The van der Waals surface area contributed by atoms with Crippen molar-refractivity contribution in [2.45, 2.75) is 4.90 Å². The van der Waals surface area contributed by atoms with E-state index in [1.807, 2.05) is 0 Å². The second-order valence-electron chi connectivity index (χ2n) is 1.66. The predicted octanol–water partition coefficient (Wildman–Crippen LogP) is 1.65. The zero-order chi connectivity index (χ0) is 8.65. The quantitative estimate of drug-likeness (QED) is 0.614. The number of rotatable bonds is 1. The first-order valence-electron chi connectivity index (χ1n) is 2.33. The van der Waals surface area contributed by atoms with Gasteiger partial charge in [-0.2, -0.15) is 8.42 Å². The summed E-state index contributed by atoms with van der Waals surface area (Å²) in [5.41, 5.74) is 0. The Morgan fingerprint density at radius 1 is 1.42 bits per heavy atom. The van der Waals surface area contributed by atoms with E-state index in [2.05, 4.69) is 0 Å². The molecule has 1 heterocycles. The Morgan fingerprint density at radius 3 is 2.08 bits per heavy atom. The summed E-state index contributed by atoms with van der Waals surface area (Å²) >= 11 is 11.7. The summed E-state index contributed by atoms with van der Waals surface area (Å²) in [6.07, 6.45) is 0. The second-order valence-corrected chi connectivity index (χ2v) is 5.34. The number of halogens is 2. The number of hydrogen-bond donors (Lipinski definition) is 1. The van der Waals surface area contributed by atoms with Crippen LogP contribution in [0.4, 0.5) is 0 Å². The molecule has 0 atom stereocenters. The first-order valence-corrected chi connectivity index (χ1v) is 5.35. The Labute approximate surface area is 106 Å². The van der Waals surface area contributed by atoms with Crippen LogP contribution in [0, 0.1) is 0 Å². The van der Waals surface area contributed by atoms with Gasteiger partial charge in [0.05, 0.1) is 4.34 Å². The van der Waals surface area contributed by atoms with Crippen LogP contribution in [0.5, 0.6) is 0 Å². The summed E-state index contributed by atoms with van der Waals surface area (Å²) in [6, 6.07) is 1.10. The molecular weight excluding hydrogens is 254 g/mol. The molecule has 0 amide bonds. The molecule has 3 nitrogen and oxygen atoms in total. The molecule has 8 heteroatoms. The molecule has 12 heavy (non-hydrogen) atoms. The summed E-state index contributed by atoms with van der Waals surface area (Å²) in [5, 5.41) is 0. The average molecular weight is 257 g/mol. The van der Waals surface area contributed by atoms with Crippen molar-refractivity contribution in [2.24, 2.45) is 0 Å². The van der Waals surface area contributed by atoms with Crippen molar-refractivity contribution in [2.75, 3.05) is 0 Å². The molecule has 64 valence electrons. The Balaban J connectivity index is 0.00000121. The van der Waals surface area contributed by atoms with Crippen LogP contribution in [0.25, 0.3) is 0 Å². The molecule has 1 rings (SSSR count). The zero-order valence-corrected chi connectivity index (χ0v) is 8.06. The predicted molar refractivity (Wildman–Crippen MR) is 51.3 cm³/mol. The van der Waals surface area contributed by atoms with Crippen molar-refractivity contribution in [1.82, 2.24) is 0 Å². The fraction of sp³-hybridized carbons (Fsp3) is 0. The van der Waals surface area contributed by atoms with Gasteiger partial charge in [-0.3, -0.25) is 4.55 Å². The van der Waals surface area contributed by atoms with E-state index in [-0.39, 0.29) is 43.1 Å². The van der Waals surface area contributed by atoms with Crippen LogP contribution in [0.1, 0.15) is 0 Å². The molecule has 1 aromatic heterocycles. The Kier molecular flexibility index (Phi) is 5.07. The van der Waals surface area contributed by atoms with Crippen molar-refractivity contribution in [1.29, 1.82) is 0 Å². The van der Waals surface area contributed by atoms with Crippen LogP contribution >= 0.6 is 34.5 Å². The Hall–Kier alpha value is 1.19. The summed E-state index contributed by atoms with van der Waals surface area (Å²) in [6.45, 7) is 0. The molecule has 0 spiro atoms. The molecule has 0 saturated heterocycles. The van der Waals surface area contributed by atoms with E-state index >= 15 is 0 Å². The van der Waals surface area contributed by atoms with Gasteiger partial charge in [0, 0.05) is 0 Å². The van der Waals surface area contributed by atoms with Gasteiger partial charge in [-0.25, -0.2) is 0 Å². The molecule has 0 aliphatic rings. The molecule has 1 N–H and O–H groups in total. The molecule has 0 unspecified atom stereocenters. The molecule has 0 saturated carbocycles. The fourth-order valence-corrected chi connectivity index (χ4v) is 3.11. The van der Waals surface area contributed by atoms with Crippen molar-refractivity contribution >= 4 is 74.2 Å². The van der Waals surface area contributed by atoms with E-state index < -0.39 is 10.1 Å². The van der Waals surface area contributed by atoms with Crippen molar-refractivity contribution < 1.29 is 13.0 Å². The molecule has 1 aromatic rings. The van der Waals surface area contributed by atoms with E-state index in [0.29, 0.717) is 0 Å². The third-order valence-corrected chi connectivity index (χ3v) is 3.51. The molecule has 0 radical (unpaired) electrons. The van der Waals surface area contributed by atoms with Crippen LogP contribution < -0.4 is 0 Å². The van der Waals surface area contributed by atoms with Gasteiger partial charge in [0.1, 0.15) is 9.23 Å².